The Morgan fingerprint density at radius 3 is 2.36 bits per heavy atom. The van der Waals surface area contributed by atoms with Gasteiger partial charge >= 0.3 is 6.09 Å². The van der Waals surface area contributed by atoms with Gasteiger partial charge in [0, 0.05) is 26.2 Å². The summed E-state index contributed by atoms with van der Waals surface area (Å²) in [6, 6.07) is 0.266. The number of likely N-dealkylation sites (N-methyl/N-ethyl adjacent to an activating group) is 1. The Balaban J connectivity index is 2.17. The number of carbonyl (C=O) groups is 1. The first-order valence-corrected chi connectivity index (χ1v) is 9.59. The molecule has 25 heavy (non-hydrogen) atoms. The normalized spacial score (nSPS) is 21.2. The minimum Gasteiger partial charge on any atom is -0.444 e. The van der Waals surface area contributed by atoms with Crippen molar-refractivity contribution in [3.05, 3.63) is 12.7 Å². The molecule has 146 valence electrons. The van der Waals surface area contributed by atoms with Crippen molar-refractivity contribution >= 4 is 6.09 Å². The number of hydrogen-bond acceptors (Lipinski definition) is 4. The van der Waals surface area contributed by atoms with Crippen LogP contribution in [0.4, 0.5) is 4.79 Å². The van der Waals surface area contributed by atoms with E-state index in [1.807, 2.05) is 33.9 Å². The van der Waals surface area contributed by atoms with Gasteiger partial charge < -0.3 is 19.3 Å². The molecule has 0 aromatic rings. The molecule has 0 aromatic heterocycles. The van der Waals surface area contributed by atoms with E-state index in [1.165, 1.54) is 0 Å². The molecule has 1 fully saturated rings. The molecular weight excluding hydrogens is 316 g/mol. The van der Waals surface area contributed by atoms with Crippen molar-refractivity contribution in [1.82, 2.24) is 9.80 Å². The smallest absolute Gasteiger partial charge is 0.410 e. The van der Waals surface area contributed by atoms with Gasteiger partial charge in [0.1, 0.15) is 5.60 Å². The Kier molecular flexibility index (Phi) is 9.51. The molecule has 0 atom stereocenters. The molecular formula is C20H38N2O3. The number of amides is 1. The number of unbranched alkanes of at least 4 members (excludes halogenated alkanes) is 1. The summed E-state index contributed by atoms with van der Waals surface area (Å²) in [5.41, 5.74) is -0.439. The van der Waals surface area contributed by atoms with E-state index in [9.17, 15) is 4.79 Å². The second-order valence-electron chi connectivity index (χ2n) is 8.15. The molecule has 0 aliphatic heterocycles. The highest BCUT2D eigenvalue weighted by atomic mass is 16.6. The van der Waals surface area contributed by atoms with Crippen molar-refractivity contribution in [2.24, 2.45) is 0 Å². The van der Waals surface area contributed by atoms with E-state index >= 15 is 0 Å². The van der Waals surface area contributed by atoms with Gasteiger partial charge in [0.05, 0.1) is 6.10 Å². The lowest BCUT2D eigenvalue weighted by molar-refractivity contribution is -0.00596. The molecule has 1 saturated carbocycles. The molecule has 1 rings (SSSR count). The van der Waals surface area contributed by atoms with Gasteiger partial charge in [0.15, 0.2) is 0 Å². The third-order valence-corrected chi connectivity index (χ3v) is 4.60. The monoisotopic (exact) mass is 354 g/mol. The summed E-state index contributed by atoms with van der Waals surface area (Å²) >= 11 is 0. The minimum atomic E-state index is -0.439. The van der Waals surface area contributed by atoms with Crippen LogP contribution in [-0.2, 0) is 9.47 Å². The molecule has 5 heteroatoms. The van der Waals surface area contributed by atoms with Crippen LogP contribution >= 0.6 is 0 Å². The third-order valence-electron chi connectivity index (χ3n) is 4.60. The lowest BCUT2D eigenvalue weighted by Gasteiger charge is -2.35. The molecule has 1 amide bonds. The summed E-state index contributed by atoms with van der Waals surface area (Å²) in [6.07, 6.45) is 8.33. The summed E-state index contributed by atoms with van der Waals surface area (Å²) in [5.74, 6) is 0. The lowest BCUT2D eigenvalue weighted by atomic mass is 9.92. The fourth-order valence-electron chi connectivity index (χ4n) is 3.13. The quantitative estimate of drug-likeness (QED) is 0.462. The number of carbonyl (C=O) groups excluding carboxylic acids is 1. The zero-order valence-corrected chi connectivity index (χ0v) is 16.9. The first-order valence-electron chi connectivity index (χ1n) is 9.59. The standard InChI is InChI=1S/C20H38N2O3/c1-7-14-21(5)15-8-9-16-24-18-12-10-17(11-13-18)22(6)19(23)25-20(2,3)4/h7,17-18H,1,8-16H2,2-6H3/t17-,18-. The Bertz CT molecular complexity index is 398. The van der Waals surface area contributed by atoms with Gasteiger partial charge in [-0.15, -0.1) is 6.58 Å². The van der Waals surface area contributed by atoms with E-state index in [4.69, 9.17) is 9.47 Å². The highest BCUT2D eigenvalue weighted by Crippen LogP contribution is 2.25. The molecule has 0 heterocycles. The first-order chi connectivity index (χ1) is 11.7. The van der Waals surface area contributed by atoms with Crippen molar-refractivity contribution in [3.63, 3.8) is 0 Å². The van der Waals surface area contributed by atoms with Crippen LogP contribution in [0.2, 0.25) is 0 Å². The van der Waals surface area contributed by atoms with Crippen LogP contribution in [0.3, 0.4) is 0 Å². The van der Waals surface area contributed by atoms with Gasteiger partial charge in [-0.2, -0.15) is 0 Å². The topological polar surface area (TPSA) is 42.0 Å². The predicted octanol–water partition coefficient (Wildman–Crippen LogP) is 4.08. The van der Waals surface area contributed by atoms with Crippen LogP contribution in [0.5, 0.6) is 0 Å². The summed E-state index contributed by atoms with van der Waals surface area (Å²) < 4.78 is 11.5. The Hall–Kier alpha value is -1.07. The average Bonchev–Trinajstić information content (AvgIpc) is 2.53. The van der Waals surface area contributed by atoms with E-state index < -0.39 is 5.60 Å². The number of hydrogen-bond donors (Lipinski definition) is 0. The van der Waals surface area contributed by atoms with Crippen molar-refractivity contribution in [1.29, 1.82) is 0 Å². The SMILES string of the molecule is C=CCN(C)CCCCO[C@H]1CC[C@H](N(C)C(=O)OC(C)(C)C)CC1. The zero-order valence-electron chi connectivity index (χ0n) is 16.9. The maximum Gasteiger partial charge on any atom is 0.410 e. The maximum atomic E-state index is 12.1. The highest BCUT2D eigenvalue weighted by molar-refractivity contribution is 5.68. The van der Waals surface area contributed by atoms with Crippen LogP contribution in [0.1, 0.15) is 59.3 Å². The van der Waals surface area contributed by atoms with Crippen LogP contribution in [-0.4, -0.2) is 67.4 Å². The van der Waals surface area contributed by atoms with E-state index in [0.29, 0.717) is 6.10 Å². The van der Waals surface area contributed by atoms with Gasteiger partial charge in [-0.05, 0) is 72.9 Å². The highest BCUT2D eigenvalue weighted by Gasteiger charge is 2.29. The molecule has 5 nitrogen and oxygen atoms in total. The van der Waals surface area contributed by atoms with Crippen molar-refractivity contribution in [2.75, 3.05) is 33.8 Å². The van der Waals surface area contributed by atoms with Crippen LogP contribution < -0.4 is 0 Å². The molecule has 0 bridgehead atoms. The summed E-state index contributed by atoms with van der Waals surface area (Å²) in [6.45, 7) is 12.3. The number of rotatable bonds is 9. The Labute approximate surface area is 154 Å². The van der Waals surface area contributed by atoms with E-state index in [2.05, 4.69) is 18.5 Å². The van der Waals surface area contributed by atoms with Gasteiger partial charge in [-0.3, -0.25) is 0 Å². The van der Waals surface area contributed by atoms with Gasteiger partial charge in [0.25, 0.3) is 0 Å². The summed E-state index contributed by atoms with van der Waals surface area (Å²) in [5, 5.41) is 0. The van der Waals surface area contributed by atoms with Crippen molar-refractivity contribution < 1.29 is 14.3 Å². The first kappa shape index (κ1) is 22.0. The molecule has 1 aliphatic rings. The molecule has 0 unspecified atom stereocenters. The summed E-state index contributed by atoms with van der Waals surface area (Å²) in [7, 11) is 3.96. The second kappa shape index (κ2) is 10.8. The van der Waals surface area contributed by atoms with Gasteiger partial charge in [-0.25, -0.2) is 4.79 Å². The van der Waals surface area contributed by atoms with E-state index in [0.717, 1.165) is 58.2 Å². The minimum absolute atomic E-state index is 0.222. The van der Waals surface area contributed by atoms with E-state index in [1.54, 1.807) is 4.90 Å². The van der Waals surface area contributed by atoms with Crippen LogP contribution in [0, 0.1) is 0 Å². The molecule has 0 N–H and O–H groups in total. The molecule has 0 radical (unpaired) electrons. The largest absolute Gasteiger partial charge is 0.444 e. The molecule has 1 aliphatic carbocycles. The summed E-state index contributed by atoms with van der Waals surface area (Å²) in [4.78, 5) is 16.2. The predicted molar refractivity (Wildman–Crippen MR) is 103 cm³/mol. The fraction of sp³-hybridized carbons (Fsp3) is 0.850. The van der Waals surface area contributed by atoms with Crippen LogP contribution in [0.15, 0.2) is 12.7 Å². The maximum absolute atomic E-state index is 12.1. The number of ether oxygens (including phenoxy) is 2. The van der Waals surface area contributed by atoms with Crippen molar-refractivity contribution in [3.8, 4) is 0 Å². The van der Waals surface area contributed by atoms with Gasteiger partial charge in [-0.1, -0.05) is 6.08 Å². The third kappa shape index (κ3) is 9.26. The Morgan fingerprint density at radius 1 is 1.16 bits per heavy atom. The number of nitrogens with zero attached hydrogens (tertiary/aromatic N) is 2. The average molecular weight is 355 g/mol. The van der Waals surface area contributed by atoms with E-state index in [-0.39, 0.29) is 12.1 Å². The molecule has 0 spiro atoms. The van der Waals surface area contributed by atoms with Crippen LogP contribution in [0.25, 0.3) is 0 Å². The van der Waals surface area contributed by atoms with Gasteiger partial charge in [0.2, 0.25) is 0 Å². The zero-order chi connectivity index (χ0) is 18.9. The Morgan fingerprint density at radius 2 is 1.80 bits per heavy atom. The lowest BCUT2D eigenvalue weighted by Crippen LogP contribution is -2.43. The van der Waals surface area contributed by atoms with Crippen molar-refractivity contribution in [2.45, 2.75) is 77.0 Å². The fourth-order valence-corrected chi connectivity index (χ4v) is 3.13. The second-order valence-corrected chi connectivity index (χ2v) is 8.15. The molecule has 0 aromatic carbocycles. The molecule has 0 saturated heterocycles.